The second kappa shape index (κ2) is 8.18. The van der Waals surface area contributed by atoms with Crippen LogP contribution in [-0.4, -0.2) is 18.4 Å². The van der Waals surface area contributed by atoms with Gasteiger partial charge in [-0.05, 0) is 36.8 Å². The molecule has 2 amide bonds. The number of hydrogen-bond acceptors (Lipinski definition) is 2. The van der Waals surface area contributed by atoms with Gasteiger partial charge in [0, 0.05) is 30.6 Å². The molecule has 126 valence electrons. The number of amides is 2. The lowest BCUT2D eigenvalue weighted by molar-refractivity contribution is -0.117. The highest BCUT2D eigenvalue weighted by molar-refractivity contribution is 6.33. The second-order valence-electron chi connectivity index (χ2n) is 5.38. The predicted molar refractivity (Wildman–Crippen MR) is 98.9 cm³/mol. The summed E-state index contributed by atoms with van der Waals surface area (Å²) in [7, 11) is 0. The summed E-state index contributed by atoms with van der Waals surface area (Å²) in [6.45, 7) is 3.57. The lowest BCUT2D eigenvalue weighted by Crippen LogP contribution is -2.32. The van der Waals surface area contributed by atoms with Crippen LogP contribution in [0.3, 0.4) is 0 Å². The minimum absolute atomic E-state index is 0.150. The molecule has 0 heterocycles. The van der Waals surface area contributed by atoms with Crippen molar-refractivity contribution in [1.29, 1.82) is 0 Å². The Morgan fingerprint density at radius 1 is 1.12 bits per heavy atom. The first-order valence-corrected chi connectivity index (χ1v) is 8.22. The van der Waals surface area contributed by atoms with Gasteiger partial charge in [0.25, 0.3) is 0 Å². The molecule has 0 spiro atoms. The standard InChI is InChI=1S/C18H18Cl2N2O2/c1-12-7-8-14(19)11-16(12)21-18(24)9-10-22(13(2)23)17-6-4-3-5-15(17)20/h3-8,11H,9-10H2,1-2H3,(H,21,24). The molecule has 0 fully saturated rings. The van der Waals surface area contributed by atoms with Gasteiger partial charge in [-0.15, -0.1) is 0 Å². The van der Waals surface area contributed by atoms with Crippen molar-refractivity contribution < 1.29 is 9.59 Å². The fourth-order valence-electron chi connectivity index (χ4n) is 2.27. The third kappa shape index (κ3) is 4.73. The van der Waals surface area contributed by atoms with Crippen LogP contribution in [0, 0.1) is 6.92 Å². The zero-order valence-electron chi connectivity index (χ0n) is 13.5. The normalized spacial score (nSPS) is 10.3. The van der Waals surface area contributed by atoms with E-state index in [0.29, 0.717) is 21.4 Å². The van der Waals surface area contributed by atoms with Gasteiger partial charge in [0.15, 0.2) is 0 Å². The van der Waals surface area contributed by atoms with Crippen LogP contribution >= 0.6 is 23.2 Å². The molecule has 0 radical (unpaired) electrons. The van der Waals surface area contributed by atoms with Gasteiger partial charge in [0.2, 0.25) is 11.8 Å². The third-order valence-electron chi connectivity index (χ3n) is 3.56. The largest absolute Gasteiger partial charge is 0.326 e. The number of para-hydroxylation sites is 1. The lowest BCUT2D eigenvalue weighted by Gasteiger charge is -2.22. The molecule has 6 heteroatoms. The number of nitrogens with zero attached hydrogens (tertiary/aromatic N) is 1. The van der Waals surface area contributed by atoms with E-state index in [4.69, 9.17) is 23.2 Å². The number of rotatable bonds is 5. The van der Waals surface area contributed by atoms with Crippen molar-refractivity contribution in [1.82, 2.24) is 0 Å². The first kappa shape index (κ1) is 18.3. The Bertz CT molecular complexity index is 762. The van der Waals surface area contributed by atoms with E-state index >= 15 is 0 Å². The average Bonchev–Trinajstić information content (AvgIpc) is 2.52. The van der Waals surface area contributed by atoms with Gasteiger partial charge in [0.1, 0.15) is 0 Å². The van der Waals surface area contributed by atoms with Crippen LogP contribution < -0.4 is 10.2 Å². The zero-order valence-corrected chi connectivity index (χ0v) is 15.0. The molecule has 1 N–H and O–H groups in total. The molecule has 0 saturated heterocycles. The minimum atomic E-state index is -0.196. The lowest BCUT2D eigenvalue weighted by atomic mass is 10.2. The van der Waals surface area contributed by atoms with Gasteiger partial charge in [-0.25, -0.2) is 0 Å². The molecule has 0 aromatic heterocycles. The molecular formula is C18H18Cl2N2O2. The van der Waals surface area contributed by atoms with Crippen molar-refractivity contribution in [2.24, 2.45) is 0 Å². The summed E-state index contributed by atoms with van der Waals surface area (Å²) < 4.78 is 0. The molecule has 2 rings (SSSR count). The van der Waals surface area contributed by atoms with Crippen LogP contribution in [0.5, 0.6) is 0 Å². The van der Waals surface area contributed by atoms with E-state index in [-0.39, 0.29) is 24.8 Å². The first-order chi connectivity index (χ1) is 11.4. The number of carbonyl (C=O) groups is 2. The van der Waals surface area contributed by atoms with Crippen molar-refractivity contribution in [3.05, 3.63) is 58.1 Å². The summed E-state index contributed by atoms with van der Waals surface area (Å²) in [5.41, 5.74) is 2.18. The van der Waals surface area contributed by atoms with Crippen LogP contribution in [0.2, 0.25) is 10.0 Å². The number of benzene rings is 2. The topological polar surface area (TPSA) is 49.4 Å². The fraction of sp³-hybridized carbons (Fsp3) is 0.222. The summed E-state index contributed by atoms with van der Waals surface area (Å²) in [4.78, 5) is 25.6. The monoisotopic (exact) mass is 364 g/mol. The summed E-state index contributed by atoms with van der Waals surface area (Å²) in [5, 5.41) is 3.84. The van der Waals surface area contributed by atoms with Gasteiger partial charge < -0.3 is 10.2 Å². The summed E-state index contributed by atoms with van der Waals surface area (Å²) in [5.74, 6) is -0.367. The van der Waals surface area contributed by atoms with Crippen LogP contribution in [0.25, 0.3) is 0 Å². The maximum Gasteiger partial charge on any atom is 0.226 e. The van der Waals surface area contributed by atoms with E-state index in [1.165, 1.54) is 11.8 Å². The molecule has 0 bridgehead atoms. The predicted octanol–water partition coefficient (Wildman–Crippen LogP) is 4.68. The average molecular weight is 365 g/mol. The Morgan fingerprint density at radius 3 is 2.50 bits per heavy atom. The van der Waals surface area contributed by atoms with E-state index < -0.39 is 0 Å². The number of carbonyl (C=O) groups excluding carboxylic acids is 2. The molecule has 4 nitrogen and oxygen atoms in total. The highest BCUT2D eigenvalue weighted by Gasteiger charge is 2.16. The van der Waals surface area contributed by atoms with Crippen molar-refractivity contribution in [2.45, 2.75) is 20.3 Å². The zero-order chi connectivity index (χ0) is 17.7. The van der Waals surface area contributed by atoms with Gasteiger partial charge in [0.05, 0.1) is 10.7 Å². The van der Waals surface area contributed by atoms with Gasteiger partial charge in [-0.2, -0.15) is 0 Å². The van der Waals surface area contributed by atoms with E-state index in [1.807, 2.05) is 13.0 Å². The highest BCUT2D eigenvalue weighted by atomic mass is 35.5. The van der Waals surface area contributed by atoms with E-state index in [2.05, 4.69) is 5.32 Å². The van der Waals surface area contributed by atoms with Crippen LogP contribution in [-0.2, 0) is 9.59 Å². The van der Waals surface area contributed by atoms with Crippen molar-refractivity contribution in [2.75, 3.05) is 16.8 Å². The first-order valence-electron chi connectivity index (χ1n) is 7.47. The number of anilines is 2. The Balaban J connectivity index is 2.04. The summed E-state index contributed by atoms with van der Waals surface area (Å²) in [6.07, 6.45) is 0.150. The van der Waals surface area contributed by atoms with Crippen LogP contribution in [0.1, 0.15) is 18.9 Å². The van der Waals surface area contributed by atoms with Gasteiger partial charge in [-0.1, -0.05) is 41.4 Å². The van der Waals surface area contributed by atoms with Crippen molar-refractivity contribution in [3.8, 4) is 0 Å². The van der Waals surface area contributed by atoms with Gasteiger partial charge in [-0.3, -0.25) is 9.59 Å². The second-order valence-corrected chi connectivity index (χ2v) is 6.22. The number of aryl methyl sites for hydroxylation is 1. The van der Waals surface area contributed by atoms with Crippen molar-refractivity contribution in [3.63, 3.8) is 0 Å². The number of halogens is 2. The van der Waals surface area contributed by atoms with E-state index in [9.17, 15) is 9.59 Å². The van der Waals surface area contributed by atoms with E-state index in [1.54, 1.807) is 36.4 Å². The smallest absolute Gasteiger partial charge is 0.226 e. The molecule has 0 aliphatic heterocycles. The number of hydrogen-bond donors (Lipinski definition) is 1. The SMILES string of the molecule is CC(=O)N(CCC(=O)Nc1cc(Cl)ccc1C)c1ccccc1Cl. The number of nitrogens with one attached hydrogen (secondary N) is 1. The summed E-state index contributed by atoms with van der Waals surface area (Å²) in [6, 6.07) is 12.4. The summed E-state index contributed by atoms with van der Waals surface area (Å²) >= 11 is 12.1. The van der Waals surface area contributed by atoms with E-state index in [0.717, 1.165) is 5.56 Å². The maximum atomic E-state index is 12.2. The minimum Gasteiger partial charge on any atom is -0.326 e. The van der Waals surface area contributed by atoms with Crippen molar-refractivity contribution >= 4 is 46.4 Å². The molecule has 0 atom stereocenters. The molecule has 0 saturated carbocycles. The Morgan fingerprint density at radius 2 is 1.83 bits per heavy atom. The highest BCUT2D eigenvalue weighted by Crippen LogP contribution is 2.26. The molecule has 2 aromatic carbocycles. The fourth-order valence-corrected chi connectivity index (χ4v) is 2.68. The quantitative estimate of drug-likeness (QED) is 0.836. The molecular weight excluding hydrogens is 347 g/mol. The molecule has 0 unspecified atom stereocenters. The Labute approximate surface area is 151 Å². The van der Waals surface area contributed by atoms with Gasteiger partial charge >= 0.3 is 0 Å². The maximum absolute atomic E-state index is 12.2. The molecule has 0 aliphatic rings. The third-order valence-corrected chi connectivity index (χ3v) is 4.11. The Hall–Kier alpha value is -2.04. The molecule has 24 heavy (non-hydrogen) atoms. The molecule has 0 aliphatic carbocycles. The Kier molecular flexibility index (Phi) is 6.23. The van der Waals surface area contributed by atoms with Crippen LogP contribution in [0.4, 0.5) is 11.4 Å². The molecule has 2 aromatic rings. The van der Waals surface area contributed by atoms with Crippen LogP contribution in [0.15, 0.2) is 42.5 Å².